The number of likely N-dealkylation sites (tertiary alicyclic amines) is 1. The van der Waals surface area contributed by atoms with Gasteiger partial charge in [0.1, 0.15) is 0 Å². The van der Waals surface area contributed by atoms with E-state index in [1.165, 1.54) is 64.7 Å². The molecule has 1 spiro atoms. The van der Waals surface area contributed by atoms with Crippen molar-refractivity contribution in [3.8, 4) is 0 Å². The van der Waals surface area contributed by atoms with Crippen LogP contribution in [0.25, 0.3) is 0 Å². The second-order valence-corrected chi connectivity index (χ2v) is 6.75. The van der Waals surface area contributed by atoms with Gasteiger partial charge in [0.2, 0.25) is 5.91 Å². The van der Waals surface area contributed by atoms with Gasteiger partial charge in [0.05, 0.1) is 0 Å². The molecule has 3 rings (SSSR count). The maximum Gasteiger partial charge on any atom is 0.221 e. The van der Waals surface area contributed by atoms with Gasteiger partial charge in [-0.15, -0.1) is 0 Å². The molecule has 0 bridgehead atoms. The van der Waals surface area contributed by atoms with Crippen LogP contribution < -0.4 is 10.6 Å². The average molecular weight is 265 g/mol. The van der Waals surface area contributed by atoms with Crippen LogP contribution in [0.4, 0.5) is 0 Å². The van der Waals surface area contributed by atoms with Crippen molar-refractivity contribution in [3.05, 3.63) is 0 Å². The van der Waals surface area contributed by atoms with Crippen molar-refractivity contribution in [2.24, 2.45) is 5.41 Å². The van der Waals surface area contributed by atoms with Crippen molar-refractivity contribution in [2.45, 2.75) is 51.0 Å². The number of hydrogen-bond donors (Lipinski definition) is 2. The van der Waals surface area contributed by atoms with Crippen LogP contribution in [-0.2, 0) is 4.79 Å². The molecule has 1 unspecified atom stereocenters. The first-order valence-corrected chi connectivity index (χ1v) is 7.98. The van der Waals surface area contributed by atoms with Crippen LogP contribution in [0.1, 0.15) is 44.9 Å². The largest absolute Gasteiger partial charge is 0.353 e. The SMILES string of the molecule is O=C(CCN1CCCC2(CCCNC2)C1)NC1CC1. The predicted octanol–water partition coefficient (Wildman–Crippen LogP) is 1.12. The summed E-state index contributed by atoms with van der Waals surface area (Å²) in [5, 5.41) is 6.65. The highest BCUT2D eigenvalue weighted by Gasteiger charge is 2.36. The third-order valence-corrected chi connectivity index (χ3v) is 4.90. The molecule has 108 valence electrons. The number of amides is 1. The van der Waals surface area contributed by atoms with Crippen LogP contribution in [0.5, 0.6) is 0 Å². The number of nitrogens with one attached hydrogen (secondary N) is 2. The van der Waals surface area contributed by atoms with E-state index in [9.17, 15) is 4.79 Å². The molecular formula is C15H27N3O. The molecule has 0 radical (unpaired) electrons. The third kappa shape index (κ3) is 3.69. The molecule has 0 aromatic carbocycles. The first-order chi connectivity index (χ1) is 9.26. The number of carbonyl (C=O) groups excluding carboxylic acids is 1. The van der Waals surface area contributed by atoms with Crippen LogP contribution in [0.3, 0.4) is 0 Å². The van der Waals surface area contributed by atoms with E-state index in [1.54, 1.807) is 0 Å². The fourth-order valence-corrected chi connectivity index (χ4v) is 3.67. The summed E-state index contributed by atoms with van der Waals surface area (Å²) in [7, 11) is 0. The fourth-order valence-electron chi connectivity index (χ4n) is 3.67. The quantitative estimate of drug-likeness (QED) is 0.800. The zero-order valence-corrected chi connectivity index (χ0v) is 11.9. The molecule has 1 aliphatic carbocycles. The van der Waals surface area contributed by atoms with Gasteiger partial charge < -0.3 is 15.5 Å². The first-order valence-electron chi connectivity index (χ1n) is 7.98. The maximum atomic E-state index is 11.8. The van der Waals surface area contributed by atoms with Crippen molar-refractivity contribution in [1.29, 1.82) is 0 Å². The number of rotatable bonds is 4. The second kappa shape index (κ2) is 5.80. The van der Waals surface area contributed by atoms with Crippen molar-refractivity contribution in [2.75, 3.05) is 32.7 Å². The lowest BCUT2D eigenvalue weighted by Gasteiger charge is -2.45. The number of nitrogens with zero attached hydrogens (tertiary/aromatic N) is 1. The van der Waals surface area contributed by atoms with Gasteiger partial charge in [0.15, 0.2) is 0 Å². The average Bonchev–Trinajstić information content (AvgIpc) is 3.21. The van der Waals surface area contributed by atoms with E-state index in [0.717, 1.165) is 6.54 Å². The summed E-state index contributed by atoms with van der Waals surface area (Å²) in [6.45, 7) is 5.68. The Labute approximate surface area is 116 Å². The fraction of sp³-hybridized carbons (Fsp3) is 0.933. The van der Waals surface area contributed by atoms with Gasteiger partial charge in [-0.05, 0) is 57.0 Å². The van der Waals surface area contributed by atoms with Gasteiger partial charge in [0.25, 0.3) is 0 Å². The third-order valence-electron chi connectivity index (χ3n) is 4.90. The van der Waals surface area contributed by atoms with Crippen molar-refractivity contribution >= 4 is 5.91 Å². The molecule has 0 aromatic heterocycles. The molecule has 4 nitrogen and oxygen atoms in total. The van der Waals surface area contributed by atoms with E-state index in [-0.39, 0.29) is 5.91 Å². The molecule has 19 heavy (non-hydrogen) atoms. The Morgan fingerprint density at radius 3 is 2.89 bits per heavy atom. The van der Waals surface area contributed by atoms with Crippen molar-refractivity contribution < 1.29 is 4.79 Å². The van der Waals surface area contributed by atoms with Crippen molar-refractivity contribution in [1.82, 2.24) is 15.5 Å². The lowest BCUT2D eigenvalue weighted by Crippen LogP contribution is -2.51. The molecule has 3 aliphatic rings. The van der Waals surface area contributed by atoms with E-state index in [0.29, 0.717) is 17.9 Å². The highest BCUT2D eigenvalue weighted by Crippen LogP contribution is 2.35. The summed E-state index contributed by atoms with van der Waals surface area (Å²) < 4.78 is 0. The Morgan fingerprint density at radius 2 is 2.16 bits per heavy atom. The predicted molar refractivity (Wildman–Crippen MR) is 76.0 cm³/mol. The maximum absolute atomic E-state index is 11.8. The summed E-state index contributed by atoms with van der Waals surface area (Å²) >= 11 is 0. The van der Waals surface area contributed by atoms with Gasteiger partial charge in [-0.3, -0.25) is 4.79 Å². The Balaban J connectivity index is 1.43. The van der Waals surface area contributed by atoms with Gasteiger partial charge in [-0.2, -0.15) is 0 Å². The molecular weight excluding hydrogens is 238 g/mol. The smallest absolute Gasteiger partial charge is 0.221 e. The minimum absolute atomic E-state index is 0.254. The topological polar surface area (TPSA) is 44.4 Å². The van der Waals surface area contributed by atoms with Crippen LogP contribution in [0.15, 0.2) is 0 Å². The Morgan fingerprint density at radius 1 is 1.32 bits per heavy atom. The highest BCUT2D eigenvalue weighted by atomic mass is 16.1. The monoisotopic (exact) mass is 265 g/mol. The Kier molecular flexibility index (Phi) is 4.08. The zero-order valence-electron chi connectivity index (χ0n) is 11.9. The zero-order chi connectivity index (χ0) is 13.1. The summed E-state index contributed by atoms with van der Waals surface area (Å²) in [4.78, 5) is 14.3. The summed E-state index contributed by atoms with van der Waals surface area (Å²) in [5.74, 6) is 0.254. The summed E-state index contributed by atoms with van der Waals surface area (Å²) in [5.41, 5.74) is 0.503. The van der Waals surface area contributed by atoms with E-state index in [4.69, 9.17) is 0 Å². The number of carbonyl (C=O) groups is 1. The van der Waals surface area contributed by atoms with E-state index >= 15 is 0 Å². The lowest BCUT2D eigenvalue weighted by molar-refractivity contribution is -0.121. The lowest BCUT2D eigenvalue weighted by atomic mass is 9.74. The summed E-state index contributed by atoms with van der Waals surface area (Å²) in [6, 6.07) is 0.503. The standard InChI is InChI=1S/C15H27N3O/c19-14(17-13-3-4-13)5-10-18-9-2-7-15(12-18)6-1-8-16-11-15/h13,16H,1-12H2,(H,17,19). The van der Waals surface area contributed by atoms with E-state index < -0.39 is 0 Å². The van der Waals surface area contributed by atoms with Crippen LogP contribution in [0, 0.1) is 5.41 Å². The molecule has 2 aliphatic heterocycles. The van der Waals surface area contributed by atoms with Gasteiger partial charge >= 0.3 is 0 Å². The minimum atomic E-state index is 0.254. The van der Waals surface area contributed by atoms with Crippen molar-refractivity contribution in [3.63, 3.8) is 0 Å². The molecule has 1 saturated carbocycles. The number of hydrogen-bond acceptors (Lipinski definition) is 3. The Bertz CT molecular complexity index is 316. The molecule has 1 amide bonds. The number of piperidine rings is 2. The molecule has 2 heterocycles. The molecule has 0 aromatic rings. The summed E-state index contributed by atoms with van der Waals surface area (Å²) in [6.07, 6.45) is 8.39. The Hall–Kier alpha value is -0.610. The van der Waals surface area contributed by atoms with Gasteiger partial charge in [-0.25, -0.2) is 0 Å². The van der Waals surface area contributed by atoms with Crippen LogP contribution >= 0.6 is 0 Å². The first kappa shape index (κ1) is 13.4. The van der Waals surface area contributed by atoms with E-state index in [2.05, 4.69) is 15.5 Å². The minimum Gasteiger partial charge on any atom is -0.353 e. The molecule has 2 N–H and O–H groups in total. The van der Waals surface area contributed by atoms with Gasteiger partial charge in [0, 0.05) is 32.1 Å². The molecule has 2 saturated heterocycles. The second-order valence-electron chi connectivity index (χ2n) is 6.75. The molecule has 1 atom stereocenters. The molecule has 3 fully saturated rings. The molecule has 4 heteroatoms. The highest BCUT2D eigenvalue weighted by molar-refractivity contribution is 5.76. The van der Waals surface area contributed by atoms with Crippen LogP contribution in [-0.4, -0.2) is 49.6 Å². The van der Waals surface area contributed by atoms with E-state index in [1.807, 2.05) is 0 Å². The van der Waals surface area contributed by atoms with Crippen LogP contribution in [0.2, 0.25) is 0 Å². The van der Waals surface area contributed by atoms with Gasteiger partial charge in [-0.1, -0.05) is 0 Å². The normalized spacial score (nSPS) is 32.4.